The standard InChI is InChI=1S/C30H32N4O3/c1-22(35)29(36)33-14-12-26(13-15-33)32-16-18-34(19-17-32)30(37)25-20-27(23-8-4-2-5-9-23)31-28(21-25)24-10-6-3-7-11-24/h2-11,20-21,26H,12-19H2,1H3. The predicted octanol–water partition coefficient (Wildman–Crippen LogP) is 3.75. The average Bonchev–Trinajstić information content (AvgIpc) is 2.97. The molecule has 0 N–H and O–H groups in total. The van der Waals surface area contributed by atoms with E-state index in [0.717, 1.165) is 48.4 Å². The molecule has 2 saturated heterocycles. The molecular formula is C30H32N4O3. The summed E-state index contributed by atoms with van der Waals surface area (Å²) in [5.41, 5.74) is 4.19. The molecule has 3 aromatic rings. The number of benzene rings is 2. The van der Waals surface area contributed by atoms with E-state index >= 15 is 0 Å². The zero-order chi connectivity index (χ0) is 25.8. The van der Waals surface area contributed by atoms with Crippen LogP contribution in [0.15, 0.2) is 72.8 Å². The summed E-state index contributed by atoms with van der Waals surface area (Å²) < 4.78 is 0. The summed E-state index contributed by atoms with van der Waals surface area (Å²) in [7, 11) is 0. The van der Waals surface area contributed by atoms with Gasteiger partial charge in [0.1, 0.15) is 0 Å². The van der Waals surface area contributed by atoms with E-state index in [1.54, 1.807) is 4.90 Å². The highest BCUT2D eigenvalue weighted by atomic mass is 16.2. The van der Waals surface area contributed by atoms with E-state index < -0.39 is 5.78 Å². The van der Waals surface area contributed by atoms with Gasteiger partial charge in [0.05, 0.1) is 11.4 Å². The number of hydrogen-bond acceptors (Lipinski definition) is 5. The number of hydrogen-bond donors (Lipinski definition) is 0. The Kier molecular flexibility index (Phi) is 7.42. The van der Waals surface area contributed by atoms with E-state index in [0.29, 0.717) is 37.8 Å². The van der Waals surface area contributed by atoms with E-state index in [9.17, 15) is 14.4 Å². The zero-order valence-corrected chi connectivity index (χ0v) is 21.2. The molecule has 0 radical (unpaired) electrons. The molecule has 2 aliphatic rings. The van der Waals surface area contributed by atoms with Gasteiger partial charge in [-0.3, -0.25) is 19.3 Å². The third kappa shape index (κ3) is 5.62. The number of carbonyl (C=O) groups excluding carboxylic acids is 3. The van der Waals surface area contributed by atoms with E-state index in [1.165, 1.54) is 6.92 Å². The molecule has 2 aliphatic heterocycles. The van der Waals surface area contributed by atoms with Gasteiger partial charge < -0.3 is 9.80 Å². The largest absolute Gasteiger partial charge is 0.336 e. The van der Waals surface area contributed by atoms with Gasteiger partial charge in [0.15, 0.2) is 0 Å². The summed E-state index contributed by atoms with van der Waals surface area (Å²) in [6.07, 6.45) is 1.72. The van der Waals surface area contributed by atoms with Crippen molar-refractivity contribution in [3.63, 3.8) is 0 Å². The Morgan fingerprint density at radius 2 is 1.22 bits per heavy atom. The number of ketones is 1. The van der Waals surface area contributed by atoms with Crippen molar-refractivity contribution in [2.45, 2.75) is 25.8 Å². The lowest BCUT2D eigenvalue weighted by molar-refractivity contribution is -0.144. The molecule has 2 aromatic carbocycles. The maximum Gasteiger partial charge on any atom is 0.289 e. The molecule has 7 heteroatoms. The quantitative estimate of drug-likeness (QED) is 0.503. The van der Waals surface area contributed by atoms with Gasteiger partial charge in [-0.05, 0) is 25.0 Å². The van der Waals surface area contributed by atoms with Gasteiger partial charge in [0, 0.05) is 68.9 Å². The van der Waals surface area contributed by atoms with Crippen LogP contribution < -0.4 is 0 Å². The molecule has 1 aromatic heterocycles. The smallest absolute Gasteiger partial charge is 0.289 e. The third-order valence-electron chi connectivity index (χ3n) is 7.38. The van der Waals surface area contributed by atoms with Gasteiger partial charge in [-0.15, -0.1) is 0 Å². The molecule has 3 heterocycles. The van der Waals surface area contributed by atoms with Crippen LogP contribution >= 0.6 is 0 Å². The Labute approximate surface area is 217 Å². The number of piperazine rings is 1. The minimum atomic E-state index is -0.396. The first kappa shape index (κ1) is 24.8. The van der Waals surface area contributed by atoms with E-state index in [-0.39, 0.29) is 11.8 Å². The number of rotatable bonds is 5. The second-order valence-corrected chi connectivity index (χ2v) is 9.77. The summed E-state index contributed by atoms with van der Waals surface area (Å²) >= 11 is 0. The van der Waals surface area contributed by atoms with Crippen LogP contribution in [0.3, 0.4) is 0 Å². The first-order valence-corrected chi connectivity index (χ1v) is 13.0. The Morgan fingerprint density at radius 1 is 0.703 bits per heavy atom. The Morgan fingerprint density at radius 3 is 1.70 bits per heavy atom. The van der Waals surface area contributed by atoms with Gasteiger partial charge >= 0.3 is 0 Å². The number of likely N-dealkylation sites (tertiary alicyclic amines) is 1. The normalized spacial score (nSPS) is 17.0. The molecule has 37 heavy (non-hydrogen) atoms. The predicted molar refractivity (Wildman–Crippen MR) is 143 cm³/mol. The second kappa shape index (κ2) is 11.0. The number of aromatic nitrogens is 1. The van der Waals surface area contributed by atoms with Crippen LogP contribution in [-0.2, 0) is 9.59 Å². The van der Waals surface area contributed by atoms with Gasteiger partial charge in [0.2, 0.25) is 5.78 Å². The van der Waals surface area contributed by atoms with Gasteiger partial charge in [-0.1, -0.05) is 60.7 Å². The molecule has 0 unspecified atom stereocenters. The molecule has 0 atom stereocenters. The highest BCUT2D eigenvalue weighted by molar-refractivity contribution is 6.35. The molecule has 0 spiro atoms. The van der Waals surface area contributed by atoms with Crippen molar-refractivity contribution in [2.75, 3.05) is 39.3 Å². The molecule has 7 nitrogen and oxygen atoms in total. The van der Waals surface area contributed by atoms with Crippen molar-refractivity contribution >= 4 is 17.6 Å². The minimum absolute atomic E-state index is 0.0262. The summed E-state index contributed by atoms with van der Waals surface area (Å²) in [6.45, 7) is 5.50. The lowest BCUT2D eigenvalue weighted by atomic mass is 10.0. The third-order valence-corrected chi connectivity index (χ3v) is 7.38. The number of pyridine rings is 1. The average molecular weight is 497 g/mol. The number of Topliss-reactive ketones (excluding diaryl/α,β-unsaturated/α-hetero) is 1. The molecule has 0 aliphatic carbocycles. The van der Waals surface area contributed by atoms with Crippen molar-refractivity contribution in [1.82, 2.24) is 19.7 Å². The number of piperidine rings is 1. The molecular weight excluding hydrogens is 464 g/mol. The molecule has 2 fully saturated rings. The van der Waals surface area contributed by atoms with E-state index in [1.807, 2.05) is 77.7 Å². The number of nitrogens with zero attached hydrogens (tertiary/aromatic N) is 4. The fraction of sp³-hybridized carbons (Fsp3) is 0.333. The van der Waals surface area contributed by atoms with Crippen molar-refractivity contribution < 1.29 is 14.4 Å². The SMILES string of the molecule is CC(=O)C(=O)N1CCC(N2CCN(C(=O)c3cc(-c4ccccc4)nc(-c4ccccc4)c3)CC2)CC1. The van der Waals surface area contributed by atoms with Crippen LogP contribution in [0.2, 0.25) is 0 Å². The van der Waals surface area contributed by atoms with Crippen LogP contribution in [0.1, 0.15) is 30.1 Å². The number of amides is 2. The molecule has 190 valence electrons. The monoisotopic (exact) mass is 496 g/mol. The van der Waals surface area contributed by atoms with Crippen molar-refractivity contribution in [1.29, 1.82) is 0 Å². The summed E-state index contributed by atoms with van der Waals surface area (Å²) in [5, 5.41) is 0. The highest BCUT2D eigenvalue weighted by Gasteiger charge is 2.31. The maximum atomic E-state index is 13.6. The van der Waals surface area contributed by atoms with Crippen LogP contribution in [0.5, 0.6) is 0 Å². The Hall–Kier alpha value is -3.84. The van der Waals surface area contributed by atoms with Crippen LogP contribution in [-0.4, -0.2) is 82.6 Å². The van der Waals surface area contributed by atoms with Crippen molar-refractivity contribution in [3.05, 3.63) is 78.4 Å². The Bertz CT molecular complexity index is 1200. The fourth-order valence-corrected chi connectivity index (χ4v) is 5.30. The molecule has 0 saturated carbocycles. The topological polar surface area (TPSA) is 73.8 Å². The lowest BCUT2D eigenvalue weighted by Crippen LogP contribution is -2.55. The highest BCUT2D eigenvalue weighted by Crippen LogP contribution is 2.26. The van der Waals surface area contributed by atoms with Crippen LogP contribution in [0, 0.1) is 0 Å². The fourth-order valence-electron chi connectivity index (χ4n) is 5.30. The molecule has 2 amide bonds. The van der Waals surface area contributed by atoms with Crippen molar-refractivity contribution in [3.8, 4) is 22.5 Å². The molecule has 5 rings (SSSR count). The van der Waals surface area contributed by atoms with Crippen molar-refractivity contribution in [2.24, 2.45) is 0 Å². The summed E-state index contributed by atoms with van der Waals surface area (Å²) in [4.78, 5) is 47.9. The summed E-state index contributed by atoms with van der Waals surface area (Å²) in [6, 6.07) is 24.1. The van der Waals surface area contributed by atoms with Gasteiger partial charge in [0.25, 0.3) is 11.8 Å². The van der Waals surface area contributed by atoms with Crippen LogP contribution in [0.4, 0.5) is 0 Å². The minimum Gasteiger partial charge on any atom is -0.336 e. The Balaban J connectivity index is 1.28. The number of carbonyl (C=O) groups is 3. The first-order chi connectivity index (χ1) is 18.0. The van der Waals surface area contributed by atoms with Gasteiger partial charge in [-0.2, -0.15) is 0 Å². The summed E-state index contributed by atoms with van der Waals surface area (Å²) in [5.74, 6) is -0.748. The maximum absolute atomic E-state index is 13.6. The molecule has 0 bridgehead atoms. The van der Waals surface area contributed by atoms with E-state index in [2.05, 4.69) is 4.90 Å². The van der Waals surface area contributed by atoms with E-state index in [4.69, 9.17) is 4.98 Å². The zero-order valence-electron chi connectivity index (χ0n) is 21.2. The first-order valence-electron chi connectivity index (χ1n) is 13.0. The lowest BCUT2D eigenvalue weighted by Gasteiger charge is -2.42. The van der Waals surface area contributed by atoms with Gasteiger partial charge in [-0.25, -0.2) is 4.98 Å². The second-order valence-electron chi connectivity index (χ2n) is 9.77. The van der Waals surface area contributed by atoms with Crippen LogP contribution in [0.25, 0.3) is 22.5 Å².